The third kappa shape index (κ3) is 3.38. The van der Waals surface area contributed by atoms with Crippen molar-refractivity contribution in [1.29, 1.82) is 0 Å². The molecule has 0 fully saturated rings. The highest BCUT2D eigenvalue weighted by Gasteiger charge is 2.38. The van der Waals surface area contributed by atoms with Crippen molar-refractivity contribution in [3.8, 4) is 0 Å². The molecule has 0 bridgehead atoms. The van der Waals surface area contributed by atoms with Gasteiger partial charge in [-0.1, -0.05) is 5.16 Å². The maximum Gasteiger partial charge on any atom is 0.452 e. The zero-order chi connectivity index (χ0) is 14.1. The van der Waals surface area contributed by atoms with E-state index in [4.69, 9.17) is 11.6 Å². The number of halogens is 4. The number of carbonyl (C=O) groups excluding carboxylic acids is 1. The summed E-state index contributed by atoms with van der Waals surface area (Å²) in [6.07, 6.45) is -4.61. The Morgan fingerprint density at radius 2 is 2.06 bits per heavy atom. The lowest BCUT2D eigenvalue weighted by Crippen LogP contribution is -2.44. The molecule has 1 unspecified atom stereocenters. The molecule has 1 amide bonds. The normalized spacial score (nSPS) is 14.4. The lowest BCUT2D eigenvalue weighted by Gasteiger charge is -2.24. The Morgan fingerprint density at radius 1 is 1.50 bits per heavy atom. The number of hydrogen-bond acceptors (Lipinski definition) is 3. The molecule has 4 nitrogen and oxygen atoms in total. The molecule has 0 aliphatic carbocycles. The van der Waals surface area contributed by atoms with Gasteiger partial charge in [0, 0.05) is 6.07 Å². The van der Waals surface area contributed by atoms with Gasteiger partial charge in [0.05, 0.1) is 5.54 Å². The van der Waals surface area contributed by atoms with Crippen LogP contribution in [0.5, 0.6) is 0 Å². The molecule has 0 radical (unpaired) electrons. The molecule has 1 atom stereocenters. The fourth-order valence-corrected chi connectivity index (χ4v) is 1.23. The van der Waals surface area contributed by atoms with Crippen molar-refractivity contribution in [2.45, 2.75) is 37.9 Å². The first kappa shape index (κ1) is 14.8. The number of nitrogens with one attached hydrogen (secondary N) is 1. The van der Waals surface area contributed by atoms with Gasteiger partial charge >= 0.3 is 6.18 Å². The highest BCUT2D eigenvalue weighted by atomic mass is 35.5. The molecule has 1 rings (SSSR count). The largest absolute Gasteiger partial charge is 0.452 e. The Bertz CT molecular complexity index is 441. The number of aromatic nitrogens is 1. The minimum Gasteiger partial charge on any atom is -0.351 e. The first-order chi connectivity index (χ1) is 8.04. The van der Waals surface area contributed by atoms with E-state index in [2.05, 4.69) is 15.0 Å². The average molecular weight is 285 g/mol. The molecule has 1 heterocycles. The Labute approximate surface area is 106 Å². The summed E-state index contributed by atoms with van der Waals surface area (Å²) in [7, 11) is 0. The maximum absolute atomic E-state index is 12.3. The Hall–Kier alpha value is -1.24. The van der Waals surface area contributed by atoms with Crippen LogP contribution in [-0.2, 0) is 16.5 Å². The summed E-state index contributed by atoms with van der Waals surface area (Å²) in [6, 6.07) is 0.749. The fourth-order valence-electron chi connectivity index (χ4n) is 1.17. The average Bonchev–Trinajstić information content (AvgIpc) is 2.64. The van der Waals surface area contributed by atoms with Crippen LogP contribution in [0.1, 0.15) is 32.2 Å². The van der Waals surface area contributed by atoms with Gasteiger partial charge in [-0.3, -0.25) is 4.79 Å². The van der Waals surface area contributed by atoms with Gasteiger partial charge in [-0.05, 0) is 20.8 Å². The smallest absolute Gasteiger partial charge is 0.351 e. The van der Waals surface area contributed by atoms with Crippen LogP contribution in [0.2, 0.25) is 0 Å². The second-order valence-electron chi connectivity index (χ2n) is 4.30. The van der Waals surface area contributed by atoms with E-state index in [1.165, 1.54) is 20.8 Å². The van der Waals surface area contributed by atoms with Crippen LogP contribution >= 0.6 is 11.6 Å². The molecule has 1 aromatic heterocycles. The summed E-state index contributed by atoms with van der Waals surface area (Å²) in [6.45, 7) is 4.46. The highest BCUT2D eigenvalue weighted by molar-refractivity contribution is 6.30. The summed E-state index contributed by atoms with van der Waals surface area (Å²) >= 11 is 5.56. The zero-order valence-corrected chi connectivity index (χ0v) is 10.7. The van der Waals surface area contributed by atoms with Crippen molar-refractivity contribution in [1.82, 2.24) is 10.5 Å². The van der Waals surface area contributed by atoms with Crippen molar-refractivity contribution in [3.05, 3.63) is 17.5 Å². The molecule has 0 spiro atoms. The van der Waals surface area contributed by atoms with Gasteiger partial charge in [0.15, 0.2) is 0 Å². The van der Waals surface area contributed by atoms with Crippen molar-refractivity contribution >= 4 is 17.5 Å². The molecule has 0 saturated carbocycles. The molecule has 102 valence electrons. The quantitative estimate of drug-likeness (QED) is 0.868. The first-order valence-corrected chi connectivity index (χ1v) is 5.48. The van der Waals surface area contributed by atoms with Crippen LogP contribution < -0.4 is 5.32 Å². The fraction of sp³-hybridized carbons (Fsp3) is 0.600. The van der Waals surface area contributed by atoms with E-state index in [0.29, 0.717) is 0 Å². The lowest BCUT2D eigenvalue weighted by atomic mass is 10.00. The maximum atomic E-state index is 12.3. The van der Waals surface area contributed by atoms with Crippen LogP contribution in [0.15, 0.2) is 10.6 Å². The monoisotopic (exact) mass is 284 g/mol. The van der Waals surface area contributed by atoms with Gasteiger partial charge in [0.2, 0.25) is 11.7 Å². The first-order valence-electron chi connectivity index (χ1n) is 5.04. The van der Waals surface area contributed by atoms with Gasteiger partial charge in [-0.15, -0.1) is 11.6 Å². The molecular weight excluding hydrogens is 273 g/mol. The van der Waals surface area contributed by atoms with Gasteiger partial charge in [-0.25, -0.2) is 0 Å². The predicted molar refractivity (Wildman–Crippen MR) is 58.0 cm³/mol. The molecule has 0 saturated heterocycles. The molecular formula is C10H12ClF3N2O2. The standard InChI is InChI=1S/C10H12ClF3N2O2/c1-5(11)8(17)15-9(2,3)6-4-7(18-16-6)10(12,13)14/h4-5H,1-3H3,(H,15,17). The Balaban J connectivity index is 2.92. The van der Waals surface area contributed by atoms with E-state index in [1.54, 1.807) is 0 Å². The molecule has 0 aliphatic heterocycles. The molecule has 18 heavy (non-hydrogen) atoms. The second-order valence-corrected chi connectivity index (χ2v) is 4.96. The summed E-state index contributed by atoms with van der Waals surface area (Å²) in [5, 5.41) is 5.00. The van der Waals surface area contributed by atoms with E-state index in [-0.39, 0.29) is 5.69 Å². The molecule has 1 aromatic rings. The van der Waals surface area contributed by atoms with Crippen molar-refractivity contribution in [2.75, 3.05) is 0 Å². The van der Waals surface area contributed by atoms with Gasteiger partial charge in [0.25, 0.3) is 0 Å². The van der Waals surface area contributed by atoms with Crippen molar-refractivity contribution in [2.24, 2.45) is 0 Å². The lowest BCUT2D eigenvalue weighted by molar-refractivity contribution is -0.155. The molecule has 0 aromatic carbocycles. The van der Waals surface area contributed by atoms with E-state index >= 15 is 0 Å². The zero-order valence-electron chi connectivity index (χ0n) is 9.93. The second kappa shape index (κ2) is 4.79. The molecule has 0 aliphatic rings. The van der Waals surface area contributed by atoms with E-state index in [1.807, 2.05) is 0 Å². The van der Waals surface area contributed by atoms with Gasteiger partial charge in [0.1, 0.15) is 11.1 Å². The molecule has 1 N–H and O–H groups in total. The topological polar surface area (TPSA) is 55.1 Å². The highest BCUT2D eigenvalue weighted by Crippen LogP contribution is 2.32. The summed E-state index contributed by atoms with van der Waals surface area (Å²) in [5.74, 6) is -1.71. The summed E-state index contributed by atoms with van der Waals surface area (Å²) in [4.78, 5) is 11.4. The number of amides is 1. The van der Waals surface area contributed by atoms with Crippen LogP contribution in [0, 0.1) is 0 Å². The number of nitrogens with zero attached hydrogens (tertiary/aromatic N) is 1. The van der Waals surface area contributed by atoms with Crippen molar-refractivity contribution < 1.29 is 22.5 Å². The molecule has 8 heteroatoms. The van der Waals surface area contributed by atoms with Crippen LogP contribution in [-0.4, -0.2) is 16.4 Å². The van der Waals surface area contributed by atoms with Crippen molar-refractivity contribution in [3.63, 3.8) is 0 Å². The minimum atomic E-state index is -4.61. The van der Waals surface area contributed by atoms with Crippen LogP contribution in [0.3, 0.4) is 0 Å². The van der Waals surface area contributed by atoms with E-state index in [0.717, 1.165) is 6.07 Å². The number of hydrogen-bond donors (Lipinski definition) is 1. The SMILES string of the molecule is CC(Cl)C(=O)NC(C)(C)c1cc(C(F)(F)F)on1. The van der Waals surface area contributed by atoms with Crippen LogP contribution in [0.25, 0.3) is 0 Å². The van der Waals surface area contributed by atoms with Crippen LogP contribution in [0.4, 0.5) is 13.2 Å². The van der Waals surface area contributed by atoms with E-state index < -0.39 is 28.8 Å². The summed E-state index contributed by atoms with van der Waals surface area (Å²) < 4.78 is 41.2. The van der Waals surface area contributed by atoms with Gasteiger partial charge in [-0.2, -0.15) is 13.2 Å². The Morgan fingerprint density at radius 3 is 2.44 bits per heavy atom. The number of alkyl halides is 4. The number of rotatable bonds is 3. The van der Waals surface area contributed by atoms with Gasteiger partial charge < -0.3 is 9.84 Å². The third-order valence-corrected chi connectivity index (χ3v) is 2.43. The Kier molecular flexibility index (Phi) is 3.95. The third-order valence-electron chi connectivity index (χ3n) is 2.23. The predicted octanol–water partition coefficient (Wildman–Crippen LogP) is 2.67. The minimum absolute atomic E-state index is 0.0273. The van der Waals surface area contributed by atoms with E-state index in [9.17, 15) is 18.0 Å². The summed E-state index contributed by atoms with van der Waals surface area (Å²) in [5.41, 5.74) is -1.13. The number of carbonyl (C=O) groups is 1.